The maximum Gasteiger partial charge on any atom is 0.194 e. The van der Waals surface area contributed by atoms with E-state index in [0.717, 1.165) is 37.8 Å². The summed E-state index contributed by atoms with van der Waals surface area (Å²) >= 11 is 1.87. The molecule has 0 unspecified atom stereocenters. The molecule has 0 fully saturated rings. The summed E-state index contributed by atoms with van der Waals surface area (Å²) in [5.74, 6) is 2.51. The summed E-state index contributed by atoms with van der Waals surface area (Å²) < 4.78 is 2.20. The second-order valence-electron chi connectivity index (χ2n) is 7.60. The maximum atomic E-state index is 4.87. The summed E-state index contributed by atoms with van der Waals surface area (Å²) in [5, 5.41) is 4.59. The summed E-state index contributed by atoms with van der Waals surface area (Å²) in [6.07, 6.45) is 8.83. The van der Waals surface area contributed by atoms with Crippen molar-refractivity contribution in [2.24, 2.45) is 10.9 Å². The van der Waals surface area contributed by atoms with Crippen LogP contribution in [-0.2, 0) is 32.5 Å². The van der Waals surface area contributed by atoms with Crippen LogP contribution in [0.2, 0.25) is 0 Å². The van der Waals surface area contributed by atoms with Gasteiger partial charge in [0.1, 0.15) is 17.4 Å². The van der Waals surface area contributed by atoms with E-state index in [-0.39, 0.29) is 0 Å². The molecule has 0 amide bonds. The Labute approximate surface area is 166 Å². The number of aryl methyl sites for hydroxylation is 2. The van der Waals surface area contributed by atoms with E-state index >= 15 is 0 Å². The third-order valence-electron chi connectivity index (χ3n) is 4.69. The standard InChI is InChI=1S/C20H32N6S/c1-5-21-20(23-12-18-22-10-11-26(18)13-15(2)3)25(4)14-19-24-16-8-6-7-9-17(16)27-19/h10-11,15H,5-9,12-14H2,1-4H3,(H,21,23). The van der Waals surface area contributed by atoms with Crippen LogP contribution in [0, 0.1) is 5.92 Å². The van der Waals surface area contributed by atoms with Crippen LogP contribution in [0.25, 0.3) is 0 Å². The Balaban J connectivity index is 1.67. The fraction of sp³-hybridized carbons (Fsp3) is 0.650. The SMILES string of the molecule is CCNC(=NCc1nccn1CC(C)C)N(C)Cc1nc2c(s1)CCCC2. The zero-order chi connectivity index (χ0) is 19.2. The lowest BCUT2D eigenvalue weighted by molar-refractivity contribution is 0.472. The van der Waals surface area contributed by atoms with Crippen LogP contribution in [0.4, 0.5) is 0 Å². The van der Waals surface area contributed by atoms with Gasteiger partial charge in [-0.3, -0.25) is 0 Å². The van der Waals surface area contributed by atoms with Crippen molar-refractivity contribution in [3.05, 3.63) is 33.8 Å². The molecule has 1 aliphatic carbocycles. The molecular formula is C20H32N6S. The van der Waals surface area contributed by atoms with E-state index in [9.17, 15) is 0 Å². The molecule has 7 heteroatoms. The van der Waals surface area contributed by atoms with Crippen molar-refractivity contribution in [3.8, 4) is 0 Å². The Morgan fingerprint density at radius 1 is 1.37 bits per heavy atom. The molecule has 3 rings (SSSR count). The number of guanidine groups is 1. The molecule has 0 aromatic carbocycles. The normalized spacial score (nSPS) is 14.5. The van der Waals surface area contributed by atoms with Crippen molar-refractivity contribution < 1.29 is 0 Å². The van der Waals surface area contributed by atoms with Gasteiger partial charge >= 0.3 is 0 Å². The first kappa shape index (κ1) is 19.9. The van der Waals surface area contributed by atoms with Gasteiger partial charge in [-0.25, -0.2) is 15.0 Å². The third kappa shape index (κ3) is 5.31. The molecule has 1 aliphatic rings. The highest BCUT2D eigenvalue weighted by molar-refractivity contribution is 7.11. The van der Waals surface area contributed by atoms with Gasteiger partial charge in [-0.2, -0.15) is 0 Å². The number of aromatic nitrogens is 3. The molecule has 2 aromatic heterocycles. The third-order valence-corrected chi connectivity index (χ3v) is 5.83. The molecule has 0 spiro atoms. The minimum atomic E-state index is 0.584. The van der Waals surface area contributed by atoms with Crippen LogP contribution in [0.5, 0.6) is 0 Å². The predicted molar refractivity (Wildman–Crippen MR) is 112 cm³/mol. The molecule has 6 nitrogen and oxygen atoms in total. The van der Waals surface area contributed by atoms with Crippen LogP contribution in [0.1, 0.15) is 55.0 Å². The molecule has 2 heterocycles. The van der Waals surface area contributed by atoms with Crippen LogP contribution >= 0.6 is 11.3 Å². The van der Waals surface area contributed by atoms with Gasteiger partial charge in [-0.05, 0) is 38.5 Å². The largest absolute Gasteiger partial charge is 0.357 e. The Hall–Kier alpha value is -1.89. The molecule has 0 radical (unpaired) electrons. The number of aliphatic imine (C=N–C) groups is 1. The quantitative estimate of drug-likeness (QED) is 0.583. The van der Waals surface area contributed by atoms with Crippen LogP contribution in [0.3, 0.4) is 0 Å². The lowest BCUT2D eigenvalue weighted by Crippen LogP contribution is -2.38. The molecule has 148 valence electrons. The van der Waals surface area contributed by atoms with Gasteiger partial charge in [0.2, 0.25) is 0 Å². The zero-order valence-corrected chi connectivity index (χ0v) is 17.8. The minimum Gasteiger partial charge on any atom is -0.357 e. The van der Waals surface area contributed by atoms with Gasteiger partial charge in [0.05, 0.1) is 12.2 Å². The average molecular weight is 389 g/mol. The van der Waals surface area contributed by atoms with Gasteiger partial charge < -0.3 is 14.8 Å². The van der Waals surface area contributed by atoms with E-state index in [1.807, 2.05) is 23.7 Å². The highest BCUT2D eigenvalue weighted by Gasteiger charge is 2.17. The second-order valence-corrected chi connectivity index (χ2v) is 8.77. The molecule has 0 saturated heterocycles. The zero-order valence-electron chi connectivity index (χ0n) is 17.0. The highest BCUT2D eigenvalue weighted by atomic mass is 32.1. The maximum absolute atomic E-state index is 4.87. The van der Waals surface area contributed by atoms with Crippen LogP contribution in [-0.4, -0.2) is 39.0 Å². The van der Waals surface area contributed by atoms with E-state index in [1.165, 1.54) is 34.8 Å². The number of hydrogen-bond donors (Lipinski definition) is 1. The Morgan fingerprint density at radius 2 is 2.19 bits per heavy atom. The van der Waals surface area contributed by atoms with Gasteiger partial charge in [0, 0.05) is 37.4 Å². The summed E-state index contributed by atoms with van der Waals surface area (Å²) in [6, 6.07) is 0. The monoisotopic (exact) mass is 388 g/mol. The van der Waals surface area contributed by atoms with E-state index in [2.05, 4.69) is 47.6 Å². The lowest BCUT2D eigenvalue weighted by atomic mass is 10.0. The summed E-state index contributed by atoms with van der Waals surface area (Å²) in [6.45, 7) is 9.74. The first-order valence-corrected chi connectivity index (χ1v) is 10.8. The van der Waals surface area contributed by atoms with E-state index in [4.69, 9.17) is 9.98 Å². The molecule has 0 bridgehead atoms. The lowest BCUT2D eigenvalue weighted by Gasteiger charge is -2.21. The number of hydrogen-bond acceptors (Lipinski definition) is 4. The Kier molecular flexibility index (Phi) is 6.88. The van der Waals surface area contributed by atoms with E-state index < -0.39 is 0 Å². The van der Waals surface area contributed by atoms with Gasteiger partial charge in [0.25, 0.3) is 0 Å². The first-order valence-electron chi connectivity index (χ1n) is 10.0. The summed E-state index contributed by atoms with van der Waals surface area (Å²) in [5.41, 5.74) is 1.33. The second kappa shape index (κ2) is 9.35. The van der Waals surface area contributed by atoms with Crippen molar-refractivity contribution in [3.63, 3.8) is 0 Å². The van der Waals surface area contributed by atoms with E-state index in [0.29, 0.717) is 12.5 Å². The number of fused-ring (bicyclic) bond motifs is 1. The van der Waals surface area contributed by atoms with Gasteiger partial charge in [-0.1, -0.05) is 13.8 Å². The molecule has 27 heavy (non-hydrogen) atoms. The predicted octanol–water partition coefficient (Wildman–Crippen LogP) is 3.47. The molecule has 0 aliphatic heterocycles. The first-order chi connectivity index (χ1) is 13.1. The number of rotatable bonds is 7. The van der Waals surface area contributed by atoms with Gasteiger partial charge in [-0.15, -0.1) is 11.3 Å². The molecule has 0 saturated carbocycles. The fourth-order valence-corrected chi connectivity index (χ4v) is 4.63. The van der Waals surface area contributed by atoms with Crippen LogP contribution in [0.15, 0.2) is 17.4 Å². The number of thiazole rings is 1. The molecule has 2 aromatic rings. The topological polar surface area (TPSA) is 58.3 Å². The minimum absolute atomic E-state index is 0.584. The van der Waals surface area contributed by atoms with Crippen molar-refractivity contribution in [1.82, 2.24) is 24.8 Å². The van der Waals surface area contributed by atoms with Crippen molar-refractivity contribution in [2.45, 2.75) is 66.1 Å². The van der Waals surface area contributed by atoms with Gasteiger partial charge in [0.15, 0.2) is 5.96 Å². The highest BCUT2D eigenvalue weighted by Crippen LogP contribution is 2.27. The smallest absolute Gasteiger partial charge is 0.194 e. The summed E-state index contributed by atoms with van der Waals surface area (Å²) in [4.78, 5) is 17.8. The summed E-state index contributed by atoms with van der Waals surface area (Å²) in [7, 11) is 2.09. The molecule has 1 N–H and O–H groups in total. The Bertz CT molecular complexity index is 737. The average Bonchev–Trinajstić information content (AvgIpc) is 3.23. The molecule has 0 atom stereocenters. The van der Waals surface area contributed by atoms with E-state index in [1.54, 1.807) is 0 Å². The molecular weight excluding hydrogens is 356 g/mol. The number of nitrogens with one attached hydrogen (secondary N) is 1. The van der Waals surface area contributed by atoms with Crippen LogP contribution < -0.4 is 5.32 Å². The van der Waals surface area contributed by atoms with Crippen molar-refractivity contribution in [1.29, 1.82) is 0 Å². The van der Waals surface area contributed by atoms with Crippen molar-refractivity contribution >= 4 is 17.3 Å². The number of nitrogens with zero attached hydrogens (tertiary/aromatic N) is 5. The van der Waals surface area contributed by atoms with Crippen molar-refractivity contribution in [2.75, 3.05) is 13.6 Å². The Morgan fingerprint density at radius 3 is 2.93 bits per heavy atom. The number of imidazole rings is 1. The fourth-order valence-electron chi connectivity index (χ4n) is 3.42.